The molecule has 0 radical (unpaired) electrons. The molecule has 5 nitrogen and oxygen atoms in total. The summed E-state index contributed by atoms with van der Waals surface area (Å²) in [6.07, 6.45) is 5.67. The molecule has 0 aromatic carbocycles. The Labute approximate surface area is 148 Å². The number of nitrogens with one attached hydrogen (secondary N) is 1. The predicted octanol–water partition coefficient (Wildman–Crippen LogP) is 4.28. The van der Waals surface area contributed by atoms with Crippen LogP contribution in [-0.2, 0) is 0 Å². The van der Waals surface area contributed by atoms with Crippen molar-refractivity contribution >= 4 is 16.9 Å². The van der Waals surface area contributed by atoms with Crippen molar-refractivity contribution in [3.05, 3.63) is 36.5 Å². The van der Waals surface area contributed by atoms with Gasteiger partial charge in [-0.05, 0) is 55.4 Å². The number of rotatable bonds is 7. The van der Waals surface area contributed by atoms with Crippen molar-refractivity contribution in [3.63, 3.8) is 0 Å². The van der Waals surface area contributed by atoms with Gasteiger partial charge in [0.05, 0.1) is 11.4 Å². The Hall–Kier alpha value is -2.43. The van der Waals surface area contributed by atoms with E-state index < -0.39 is 0 Å². The van der Waals surface area contributed by atoms with Gasteiger partial charge in [0.1, 0.15) is 5.82 Å². The summed E-state index contributed by atoms with van der Waals surface area (Å²) in [5.41, 5.74) is 2.60. The topological polar surface area (TPSA) is 57.7 Å². The van der Waals surface area contributed by atoms with Gasteiger partial charge in [0.15, 0.2) is 5.65 Å². The Morgan fingerprint density at radius 2 is 2.12 bits per heavy atom. The maximum absolute atomic E-state index is 4.94. The van der Waals surface area contributed by atoms with E-state index in [2.05, 4.69) is 46.1 Å². The molecule has 3 aromatic heterocycles. The molecule has 1 aliphatic rings. The number of hydrogen-bond acceptors (Lipinski definition) is 4. The number of fused-ring (bicyclic) bond motifs is 1. The third-order valence-corrected chi connectivity index (χ3v) is 5.07. The average molecular weight is 335 g/mol. The van der Waals surface area contributed by atoms with Gasteiger partial charge in [0, 0.05) is 24.7 Å². The number of hydrogen-bond donors (Lipinski definition) is 1. The van der Waals surface area contributed by atoms with Crippen LogP contribution in [0.25, 0.3) is 22.4 Å². The first-order valence-corrected chi connectivity index (χ1v) is 9.27. The molecule has 1 atom stereocenters. The zero-order valence-electron chi connectivity index (χ0n) is 14.9. The zero-order chi connectivity index (χ0) is 17.2. The van der Waals surface area contributed by atoms with E-state index in [4.69, 9.17) is 4.98 Å². The van der Waals surface area contributed by atoms with Crippen molar-refractivity contribution < 1.29 is 0 Å². The van der Waals surface area contributed by atoms with Crippen LogP contribution in [0.2, 0.25) is 0 Å². The van der Waals surface area contributed by atoms with Gasteiger partial charge in [-0.3, -0.25) is 5.10 Å². The fourth-order valence-corrected chi connectivity index (χ4v) is 3.52. The standard InChI is InChI=1S/C20H25N5/c1-3-12-25(13-14(2)15-9-10-15)18-8-4-7-17(22-18)19-16-6-5-11-21-20(16)24-23-19/h4-8,11,14-15H,3,9-10,12-13H2,1-2H3,(H,21,23,24). The summed E-state index contributed by atoms with van der Waals surface area (Å²) in [7, 11) is 0. The van der Waals surface area contributed by atoms with Crippen LogP contribution in [0, 0.1) is 11.8 Å². The molecule has 130 valence electrons. The summed E-state index contributed by atoms with van der Waals surface area (Å²) in [4.78, 5) is 11.7. The lowest BCUT2D eigenvalue weighted by molar-refractivity contribution is 0.494. The second-order valence-corrected chi connectivity index (χ2v) is 7.11. The monoisotopic (exact) mass is 335 g/mol. The molecule has 4 rings (SSSR count). The van der Waals surface area contributed by atoms with E-state index in [1.807, 2.05) is 18.2 Å². The van der Waals surface area contributed by atoms with Crippen LogP contribution in [0.15, 0.2) is 36.5 Å². The van der Waals surface area contributed by atoms with E-state index in [0.717, 1.165) is 59.6 Å². The molecule has 3 heterocycles. The molecule has 1 saturated carbocycles. The lowest BCUT2D eigenvalue weighted by Crippen LogP contribution is -2.30. The molecule has 0 aliphatic heterocycles. The zero-order valence-corrected chi connectivity index (χ0v) is 14.9. The molecule has 1 unspecified atom stereocenters. The fourth-order valence-electron chi connectivity index (χ4n) is 3.52. The number of aromatic amines is 1. The SMILES string of the molecule is CCCN(CC(C)C1CC1)c1cccc(-c2[nH]nc3ncccc23)n1. The number of nitrogens with zero attached hydrogens (tertiary/aromatic N) is 4. The molecular formula is C20H25N5. The first kappa shape index (κ1) is 16.1. The minimum absolute atomic E-state index is 0.731. The molecule has 0 amide bonds. The smallest absolute Gasteiger partial charge is 0.181 e. The van der Waals surface area contributed by atoms with E-state index >= 15 is 0 Å². The molecule has 0 spiro atoms. The van der Waals surface area contributed by atoms with E-state index in [9.17, 15) is 0 Å². The maximum Gasteiger partial charge on any atom is 0.181 e. The number of anilines is 1. The minimum atomic E-state index is 0.731. The summed E-state index contributed by atoms with van der Waals surface area (Å²) in [5, 5.41) is 8.41. The Morgan fingerprint density at radius 1 is 1.24 bits per heavy atom. The van der Waals surface area contributed by atoms with Crippen LogP contribution in [0.5, 0.6) is 0 Å². The number of pyridine rings is 2. The summed E-state index contributed by atoms with van der Waals surface area (Å²) in [5.74, 6) is 2.69. The van der Waals surface area contributed by atoms with Gasteiger partial charge in [0.25, 0.3) is 0 Å². The highest BCUT2D eigenvalue weighted by Gasteiger charge is 2.29. The van der Waals surface area contributed by atoms with E-state index in [-0.39, 0.29) is 0 Å². The van der Waals surface area contributed by atoms with Crippen LogP contribution in [0.3, 0.4) is 0 Å². The summed E-state index contributed by atoms with van der Waals surface area (Å²) >= 11 is 0. The average Bonchev–Trinajstić information content (AvgIpc) is 3.41. The predicted molar refractivity (Wildman–Crippen MR) is 102 cm³/mol. The Balaban J connectivity index is 1.65. The first-order valence-electron chi connectivity index (χ1n) is 9.27. The van der Waals surface area contributed by atoms with Gasteiger partial charge in [-0.1, -0.05) is 19.9 Å². The summed E-state index contributed by atoms with van der Waals surface area (Å²) < 4.78 is 0. The molecule has 0 bridgehead atoms. The Kier molecular flexibility index (Phi) is 4.38. The van der Waals surface area contributed by atoms with Crippen LogP contribution < -0.4 is 4.90 Å². The second-order valence-electron chi connectivity index (χ2n) is 7.11. The van der Waals surface area contributed by atoms with Gasteiger partial charge in [-0.15, -0.1) is 0 Å². The lowest BCUT2D eigenvalue weighted by atomic mass is 10.1. The Morgan fingerprint density at radius 3 is 2.92 bits per heavy atom. The van der Waals surface area contributed by atoms with Crippen LogP contribution in [0.1, 0.15) is 33.1 Å². The largest absolute Gasteiger partial charge is 0.356 e. The number of aromatic nitrogens is 4. The van der Waals surface area contributed by atoms with Crippen LogP contribution in [0.4, 0.5) is 5.82 Å². The number of H-pyrrole nitrogens is 1. The lowest BCUT2D eigenvalue weighted by Gasteiger charge is -2.27. The molecule has 0 saturated heterocycles. The second kappa shape index (κ2) is 6.82. The highest BCUT2D eigenvalue weighted by Crippen LogP contribution is 2.37. The van der Waals surface area contributed by atoms with Crippen molar-refractivity contribution in [1.29, 1.82) is 0 Å². The van der Waals surface area contributed by atoms with Crippen LogP contribution in [-0.4, -0.2) is 33.3 Å². The molecular weight excluding hydrogens is 310 g/mol. The van der Waals surface area contributed by atoms with Crippen molar-refractivity contribution in [1.82, 2.24) is 20.2 Å². The van der Waals surface area contributed by atoms with Crippen LogP contribution >= 0.6 is 0 Å². The van der Waals surface area contributed by atoms with Gasteiger partial charge < -0.3 is 4.90 Å². The highest BCUT2D eigenvalue weighted by molar-refractivity contribution is 5.89. The normalized spacial score (nSPS) is 15.4. The quantitative estimate of drug-likeness (QED) is 0.700. The minimum Gasteiger partial charge on any atom is -0.356 e. The van der Waals surface area contributed by atoms with E-state index in [1.165, 1.54) is 12.8 Å². The van der Waals surface area contributed by atoms with Crippen molar-refractivity contribution in [3.8, 4) is 11.4 Å². The third-order valence-electron chi connectivity index (χ3n) is 5.07. The van der Waals surface area contributed by atoms with E-state index in [0.29, 0.717) is 0 Å². The molecule has 1 aliphatic carbocycles. The summed E-state index contributed by atoms with van der Waals surface area (Å²) in [6, 6.07) is 10.2. The molecule has 1 fully saturated rings. The van der Waals surface area contributed by atoms with Crippen molar-refractivity contribution in [2.45, 2.75) is 33.1 Å². The van der Waals surface area contributed by atoms with Gasteiger partial charge >= 0.3 is 0 Å². The fraction of sp³-hybridized carbons (Fsp3) is 0.450. The van der Waals surface area contributed by atoms with E-state index in [1.54, 1.807) is 6.20 Å². The Bertz CT molecular complexity index is 852. The first-order chi connectivity index (χ1) is 12.3. The van der Waals surface area contributed by atoms with Crippen molar-refractivity contribution in [2.75, 3.05) is 18.0 Å². The molecule has 1 N–H and O–H groups in total. The highest BCUT2D eigenvalue weighted by atomic mass is 15.2. The summed E-state index contributed by atoms with van der Waals surface area (Å²) in [6.45, 7) is 6.73. The van der Waals surface area contributed by atoms with Gasteiger partial charge in [0.2, 0.25) is 0 Å². The molecule has 5 heteroatoms. The van der Waals surface area contributed by atoms with Gasteiger partial charge in [-0.2, -0.15) is 5.10 Å². The molecule has 25 heavy (non-hydrogen) atoms. The molecule has 3 aromatic rings. The third kappa shape index (κ3) is 3.36. The van der Waals surface area contributed by atoms with Crippen molar-refractivity contribution in [2.24, 2.45) is 11.8 Å². The maximum atomic E-state index is 4.94. The van der Waals surface area contributed by atoms with Gasteiger partial charge in [-0.25, -0.2) is 9.97 Å².